The molecule has 2 aromatic carbocycles. The molecule has 0 spiro atoms. The molecule has 1 aromatic heterocycles. The van der Waals surface area contributed by atoms with Crippen molar-refractivity contribution in [3.05, 3.63) is 59.9 Å². The Morgan fingerprint density at radius 3 is 2.85 bits per heavy atom. The summed E-state index contributed by atoms with van der Waals surface area (Å²) in [5, 5.41) is 6.03. The van der Waals surface area contributed by atoms with Crippen LogP contribution in [0.25, 0.3) is 10.8 Å². The van der Waals surface area contributed by atoms with Crippen molar-refractivity contribution in [2.45, 2.75) is 6.61 Å². The fourth-order valence-corrected chi connectivity index (χ4v) is 2.23. The number of nitrogens with zero attached hydrogens (tertiary/aromatic N) is 2. The molecule has 0 saturated heterocycles. The van der Waals surface area contributed by atoms with Crippen molar-refractivity contribution in [1.29, 1.82) is 0 Å². The lowest BCUT2D eigenvalue weighted by Gasteiger charge is -2.09. The molecule has 0 amide bonds. The first-order valence-electron chi connectivity index (χ1n) is 6.35. The molecule has 3 aromatic rings. The van der Waals surface area contributed by atoms with E-state index >= 15 is 0 Å². The van der Waals surface area contributed by atoms with Gasteiger partial charge < -0.3 is 4.74 Å². The van der Waals surface area contributed by atoms with Gasteiger partial charge in [-0.25, -0.2) is 0 Å². The summed E-state index contributed by atoms with van der Waals surface area (Å²) >= 11 is 0. The lowest BCUT2D eigenvalue weighted by molar-refractivity contribution is 0.112. The summed E-state index contributed by atoms with van der Waals surface area (Å²) in [5.74, 6) is 0.600. The van der Waals surface area contributed by atoms with E-state index in [1.807, 2.05) is 49.6 Å². The van der Waals surface area contributed by atoms with Gasteiger partial charge in [-0.2, -0.15) is 5.10 Å². The molecule has 0 aliphatic rings. The van der Waals surface area contributed by atoms with Crippen LogP contribution >= 0.6 is 0 Å². The Labute approximate surface area is 116 Å². The highest BCUT2D eigenvalue weighted by molar-refractivity contribution is 6.00. The van der Waals surface area contributed by atoms with Gasteiger partial charge in [0.15, 0.2) is 6.29 Å². The Morgan fingerprint density at radius 2 is 2.10 bits per heavy atom. The highest BCUT2D eigenvalue weighted by Crippen LogP contribution is 2.27. The minimum Gasteiger partial charge on any atom is -0.488 e. The minimum absolute atomic E-state index is 0.396. The van der Waals surface area contributed by atoms with Crippen molar-refractivity contribution in [3.8, 4) is 5.75 Å². The van der Waals surface area contributed by atoms with Gasteiger partial charge in [-0.15, -0.1) is 0 Å². The predicted molar refractivity (Wildman–Crippen MR) is 76.9 cm³/mol. The van der Waals surface area contributed by atoms with Crippen molar-refractivity contribution in [2.75, 3.05) is 0 Å². The van der Waals surface area contributed by atoms with Crippen LogP contribution in [0, 0.1) is 0 Å². The second-order valence-corrected chi connectivity index (χ2v) is 4.63. The summed E-state index contributed by atoms with van der Waals surface area (Å²) in [6.07, 6.45) is 4.49. The molecule has 0 aliphatic heterocycles. The van der Waals surface area contributed by atoms with Crippen LogP contribution in [0.15, 0.2) is 48.8 Å². The number of ether oxygens (including phenoxy) is 1. The number of aromatic nitrogens is 2. The number of hydrogen-bond acceptors (Lipinski definition) is 3. The molecule has 0 atom stereocenters. The number of carbonyl (C=O) groups excluding carboxylic acids is 1. The van der Waals surface area contributed by atoms with Gasteiger partial charge in [0.1, 0.15) is 12.4 Å². The van der Waals surface area contributed by atoms with Gasteiger partial charge in [0.05, 0.1) is 11.8 Å². The molecule has 1 heterocycles. The zero-order chi connectivity index (χ0) is 13.9. The van der Waals surface area contributed by atoms with Gasteiger partial charge >= 0.3 is 0 Å². The molecule has 0 N–H and O–H groups in total. The zero-order valence-corrected chi connectivity index (χ0v) is 11.1. The largest absolute Gasteiger partial charge is 0.488 e. The van der Waals surface area contributed by atoms with Gasteiger partial charge in [-0.1, -0.05) is 30.3 Å². The molecular formula is C16H14N2O2. The van der Waals surface area contributed by atoms with Crippen molar-refractivity contribution < 1.29 is 9.53 Å². The molecule has 100 valence electrons. The molecule has 3 rings (SSSR count). The lowest BCUT2D eigenvalue weighted by atomic mass is 10.0. The van der Waals surface area contributed by atoms with Crippen LogP contribution in [0.2, 0.25) is 0 Å². The molecule has 20 heavy (non-hydrogen) atoms. The first kappa shape index (κ1) is 12.4. The average molecular weight is 266 g/mol. The van der Waals surface area contributed by atoms with Crippen LogP contribution in [0.4, 0.5) is 0 Å². The maximum atomic E-state index is 11.4. The maximum absolute atomic E-state index is 11.4. The molecule has 4 nitrogen and oxygen atoms in total. The topological polar surface area (TPSA) is 44.1 Å². The van der Waals surface area contributed by atoms with Gasteiger partial charge in [0, 0.05) is 18.8 Å². The van der Waals surface area contributed by atoms with E-state index in [0.717, 1.165) is 22.6 Å². The minimum atomic E-state index is 0.396. The molecule has 0 fully saturated rings. The van der Waals surface area contributed by atoms with Crippen molar-refractivity contribution in [3.63, 3.8) is 0 Å². The zero-order valence-electron chi connectivity index (χ0n) is 11.1. The Hall–Kier alpha value is -2.62. The van der Waals surface area contributed by atoms with E-state index in [4.69, 9.17) is 4.74 Å². The maximum Gasteiger partial charge on any atom is 0.154 e. The van der Waals surface area contributed by atoms with Crippen LogP contribution < -0.4 is 4.74 Å². The standard InChI is InChI=1S/C16H14N2O2/c1-18-9-12(8-17-18)11-20-16-7-6-13-4-2-3-5-14(13)15(16)10-19/h2-10H,11H2,1H3. The van der Waals surface area contributed by atoms with Crippen molar-refractivity contribution in [2.24, 2.45) is 7.05 Å². The van der Waals surface area contributed by atoms with Gasteiger partial charge in [0.25, 0.3) is 0 Å². The van der Waals surface area contributed by atoms with E-state index in [1.54, 1.807) is 10.9 Å². The first-order valence-corrected chi connectivity index (χ1v) is 6.35. The van der Waals surface area contributed by atoms with E-state index in [-0.39, 0.29) is 0 Å². The number of carbonyl (C=O) groups is 1. The molecule has 0 unspecified atom stereocenters. The lowest BCUT2D eigenvalue weighted by Crippen LogP contribution is -1.98. The highest BCUT2D eigenvalue weighted by Gasteiger charge is 2.08. The van der Waals surface area contributed by atoms with Gasteiger partial charge in [0.2, 0.25) is 0 Å². The first-order chi connectivity index (χ1) is 9.78. The molecule has 0 radical (unpaired) electrons. The van der Waals surface area contributed by atoms with Crippen LogP contribution in [0.3, 0.4) is 0 Å². The number of rotatable bonds is 4. The Kier molecular flexibility index (Phi) is 3.21. The molecule has 0 bridgehead atoms. The molecular weight excluding hydrogens is 252 g/mol. The number of aldehydes is 1. The third kappa shape index (κ3) is 2.28. The summed E-state index contributed by atoms with van der Waals surface area (Å²) in [7, 11) is 1.86. The molecule has 0 saturated carbocycles. The van der Waals surface area contributed by atoms with Crippen LogP contribution in [-0.2, 0) is 13.7 Å². The third-order valence-electron chi connectivity index (χ3n) is 3.20. The van der Waals surface area contributed by atoms with E-state index in [1.165, 1.54) is 0 Å². The summed E-state index contributed by atoms with van der Waals surface area (Å²) in [6, 6.07) is 11.6. The quantitative estimate of drug-likeness (QED) is 0.682. The second kappa shape index (κ2) is 5.17. The SMILES string of the molecule is Cn1cc(COc2ccc3ccccc3c2C=O)cn1. The van der Waals surface area contributed by atoms with Crippen molar-refractivity contribution >= 4 is 17.1 Å². The fraction of sp³-hybridized carbons (Fsp3) is 0.125. The summed E-state index contributed by atoms with van der Waals surface area (Å²) in [5.41, 5.74) is 1.56. The van der Waals surface area contributed by atoms with Crippen LogP contribution in [0.5, 0.6) is 5.75 Å². The smallest absolute Gasteiger partial charge is 0.154 e. The Balaban J connectivity index is 1.93. The van der Waals surface area contributed by atoms with Crippen molar-refractivity contribution in [1.82, 2.24) is 9.78 Å². The highest BCUT2D eigenvalue weighted by atomic mass is 16.5. The fourth-order valence-electron chi connectivity index (χ4n) is 2.23. The third-order valence-corrected chi connectivity index (χ3v) is 3.20. The number of aryl methyl sites for hydroxylation is 1. The number of fused-ring (bicyclic) bond motifs is 1. The Bertz CT molecular complexity index is 762. The van der Waals surface area contributed by atoms with E-state index in [2.05, 4.69) is 5.10 Å². The van der Waals surface area contributed by atoms with E-state index in [0.29, 0.717) is 17.9 Å². The van der Waals surface area contributed by atoms with E-state index in [9.17, 15) is 4.79 Å². The van der Waals surface area contributed by atoms with Crippen LogP contribution in [0.1, 0.15) is 15.9 Å². The van der Waals surface area contributed by atoms with Crippen LogP contribution in [-0.4, -0.2) is 16.1 Å². The average Bonchev–Trinajstić information content (AvgIpc) is 2.90. The normalized spacial score (nSPS) is 10.7. The number of hydrogen-bond donors (Lipinski definition) is 0. The van der Waals surface area contributed by atoms with E-state index < -0.39 is 0 Å². The molecule has 4 heteroatoms. The monoisotopic (exact) mass is 266 g/mol. The summed E-state index contributed by atoms with van der Waals surface area (Å²) in [6.45, 7) is 0.396. The van der Waals surface area contributed by atoms with Gasteiger partial charge in [-0.3, -0.25) is 9.48 Å². The second-order valence-electron chi connectivity index (χ2n) is 4.63. The Morgan fingerprint density at radius 1 is 1.25 bits per heavy atom. The number of benzene rings is 2. The summed E-state index contributed by atoms with van der Waals surface area (Å²) in [4.78, 5) is 11.4. The summed E-state index contributed by atoms with van der Waals surface area (Å²) < 4.78 is 7.47. The predicted octanol–water partition coefficient (Wildman–Crippen LogP) is 2.96. The molecule has 0 aliphatic carbocycles. The van der Waals surface area contributed by atoms with Gasteiger partial charge in [-0.05, 0) is 16.8 Å².